The van der Waals surface area contributed by atoms with Crippen LogP contribution in [0.1, 0.15) is 23.6 Å². The first-order valence-electron chi connectivity index (χ1n) is 8.39. The van der Waals surface area contributed by atoms with Crippen LogP contribution in [0.25, 0.3) is 0 Å². The highest BCUT2D eigenvalue weighted by molar-refractivity contribution is 14.0. The Bertz CT molecular complexity index is 933. The number of guanidine groups is 1. The summed E-state index contributed by atoms with van der Waals surface area (Å²) in [7, 11) is -3.79. The van der Waals surface area contributed by atoms with Gasteiger partial charge in [-0.25, -0.2) is 18.5 Å². The first-order valence-corrected chi connectivity index (χ1v) is 9.94. The number of nitrogens with one attached hydrogen (secondary N) is 2. The first kappa shape index (κ1) is 25.2. The highest BCUT2D eigenvalue weighted by Gasteiger charge is 2.29. The molecule has 2 rings (SSSR count). The zero-order valence-electron chi connectivity index (χ0n) is 15.5. The summed E-state index contributed by atoms with van der Waals surface area (Å²) >= 11 is 0. The first-order chi connectivity index (χ1) is 13.1. The Kier molecular flexibility index (Phi) is 9.36. The molecule has 29 heavy (non-hydrogen) atoms. The number of nitrogens with zero attached hydrogens (tertiary/aromatic N) is 1. The number of aliphatic imine (C=N–C) groups is 1. The van der Waals surface area contributed by atoms with Crippen molar-refractivity contribution in [1.29, 1.82) is 0 Å². The van der Waals surface area contributed by atoms with Crippen LogP contribution in [0, 0.1) is 0 Å². The Morgan fingerprint density at radius 3 is 2.28 bits per heavy atom. The molecule has 0 aliphatic carbocycles. The number of hydrogen-bond acceptors (Lipinski definition) is 3. The van der Waals surface area contributed by atoms with Gasteiger partial charge in [0.05, 0.1) is 17.0 Å². The minimum atomic E-state index is -4.37. The quantitative estimate of drug-likeness (QED) is 0.297. The van der Waals surface area contributed by atoms with Gasteiger partial charge in [-0.05, 0) is 42.3 Å². The number of hydrogen-bond donors (Lipinski definition) is 3. The summed E-state index contributed by atoms with van der Waals surface area (Å²) in [4.78, 5) is 4.36. The van der Waals surface area contributed by atoms with Crippen molar-refractivity contribution in [3.05, 3.63) is 65.2 Å². The minimum Gasteiger partial charge on any atom is -0.357 e. The maximum atomic E-state index is 12.6. The van der Waals surface area contributed by atoms with Crippen molar-refractivity contribution in [2.75, 3.05) is 6.54 Å². The lowest BCUT2D eigenvalue weighted by Gasteiger charge is -2.12. The topological polar surface area (TPSA) is 96.6 Å². The van der Waals surface area contributed by atoms with Crippen molar-refractivity contribution in [3.8, 4) is 0 Å². The van der Waals surface area contributed by atoms with Crippen LogP contribution in [0.5, 0.6) is 0 Å². The van der Waals surface area contributed by atoms with Crippen molar-refractivity contribution in [2.45, 2.75) is 31.1 Å². The zero-order valence-corrected chi connectivity index (χ0v) is 18.7. The molecule has 6 nitrogen and oxygen atoms in total. The Hall–Kier alpha value is -1.86. The predicted octanol–water partition coefficient (Wildman–Crippen LogP) is 3.23. The Morgan fingerprint density at radius 2 is 1.72 bits per heavy atom. The minimum absolute atomic E-state index is 0. The largest absolute Gasteiger partial charge is 0.416 e. The molecule has 0 spiro atoms. The fourth-order valence-electron chi connectivity index (χ4n) is 2.33. The summed E-state index contributed by atoms with van der Waals surface area (Å²) in [6, 6.07) is 11.0. The van der Waals surface area contributed by atoms with E-state index in [0.29, 0.717) is 23.6 Å². The van der Waals surface area contributed by atoms with Crippen LogP contribution < -0.4 is 15.8 Å². The predicted molar refractivity (Wildman–Crippen MR) is 116 cm³/mol. The molecule has 0 aliphatic rings. The van der Waals surface area contributed by atoms with E-state index in [9.17, 15) is 21.6 Å². The van der Waals surface area contributed by atoms with Gasteiger partial charge in [0, 0.05) is 13.1 Å². The average Bonchev–Trinajstić information content (AvgIpc) is 2.63. The molecule has 2 aromatic carbocycles. The molecule has 0 amide bonds. The number of halogens is 4. The molecule has 0 saturated carbocycles. The number of rotatable bonds is 6. The summed E-state index contributed by atoms with van der Waals surface area (Å²) in [5.74, 6) is 0.448. The molecule has 0 aliphatic heterocycles. The maximum absolute atomic E-state index is 12.6. The summed E-state index contributed by atoms with van der Waals surface area (Å²) < 4.78 is 60.7. The second kappa shape index (κ2) is 10.8. The normalized spacial score (nSPS) is 12.2. The molecule has 2 aromatic rings. The highest BCUT2D eigenvalue weighted by atomic mass is 127. The van der Waals surface area contributed by atoms with Crippen molar-refractivity contribution in [2.24, 2.45) is 10.1 Å². The molecule has 4 N–H and O–H groups in total. The van der Waals surface area contributed by atoms with E-state index in [4.69, 9.17) is 5.14 Å². The number of sulfonamides is 1. The molecule has 160 valence electrons. The van der Waals surface area contributed by atoms with Crippen LogP contribution in [-0.2, 0) is 29.3 Å². The van der Waals surface area contributed by atoms with E-state index in [-0.39, 0.29) is 42.0 Å². The van der Waals surface area contributed by atoms with E-state index in [1.54, 1.807) is 12.1 Å². The van der Waals surface area contributed by atoms with Crippen LogP contribution in [-0.4, -0.2) is 20.9 Å². The fraction of sp³-hybridized carbons (Fsp3) is 0.278. The van der Waals surface area contributed by atoms with Crippen molar-refractivity contribution in [3.63, 3.8) is 0 Å². The second-order valence-electron chi connectivity index (χ2n) is 5.94. The third-order valence-electron chi connectivity index (χ3n) is 3.73. The number of nitrogens with two attached hydrogens (primary N) is 1. The number of alkyl halides is 3. The van der Waals surface area contributed by atoms with Gasteiger partial charge in [0.1, 0.15) is 0 Å². The van der Waals surface area contributed by atoms with E-state index in [1.807, 2.05) is 6.92 Å². The lowest BCUT2D eigenvalue weighted by molar-refractivity contribution is -0.137. The standard InChI is InChI=1S/C18H21F3N4O2S.HI/c1-2-23-17(24-11-13-6-8-15(9-7-13)18(19,20)21)25-12-14-4-3-5-16(10-14)28(22,26)27;/h3-10H,2,11-12H2,1H3,(H2,22,26,27)(H2,23,24,25);1H. The van der Waals surface area contributed by atoms with Gasteiger partial charge in [0.25, 0.3) is 0 Å². The molecule has 0 heterocycles. The molecule has 11 heteroatoms. The van der Waals surface area contributed by atoms with Crippen LogP contribution in [0.4, 0.5) is 13.2 Å². The van der Waals surface area contributed by atoms with Crippen molar-refractivity contribution in [1.82, 2.24) is 10.6 Å². The van der Waals surface area contributed by atoms with Gasteiger partial charge >= 0.3 is 6.18 Å². The van der Waals surface area contributed by atoms with Gasteiger partial charge in [-0.1, -0.05) is 24.3 Å². The summed E-state index contributed by atoms with van der Waals surface area (Å²) in [6.45, 7) is 2.93. The maximum Gasteiger partial charge on any atom is 0.416 e. The molecule has 0 aromatic heterocycles. The lowest BCUT2D eigenvalue weighted by atomic mass is 10.1. The molecule has 0 fully saturated rings. The Morgan fingerprint density at radius 1 is 1.07 bits per heavy atom. The zero-order chi connectivity index (χ0) is 20.8. The molecule has 0 saturated heterocycles. The molecule has 0 unspecified atom stereocenters. The number of primary sulfonamides is 1. The third-order valence-corrected chi connectivity index (χ3v) is 4.64. The average molecular weight is 542 g/mol. The van der Waals surface area contributed by atoms with E-state index in [2.05, 4.69) is 15.6 Å². The second-order valence-corrected chi connectivity index (χ2v) is 7.50. The Labute approximate surface area is 184 Å². The van der Waals surface area contributed by atoms with Crippen LogP contribution in [0.15, 0.2) is 58.4 Å². The van der Waals surface area contributed by atoms with Gasteiger partial charge in [0.2, 0.25) is 10.0 Å². The molecule has 0 radical (unpaired) electrons. The monoisotopic (exact) mass is 542 g/mol. The van der Waals surface area contributed by atoms with E-state index in [1.165, 1.54) is 24.3 Å². The van der Waals surface area contributed by atoms with Crippen LogP contribution in [0.3, 0.4) is 0 Å². The van der Waals surface area contributed by atoms with Gasteiger partial charge in [0.15, 0.2) is 5.96 Å². The molecule has 0 atom stereocenters. The molecule has 0 bridgehead atoms. The highest BCUT2D eigenvalue weighted by Crippen LogP contribution is 2.29. The SMILES string of the molecule is CCNC(=NCc1cccc(S(N)(=O)=O)c1)NCc1ccc(C(F)(F)F)cc1.I. The molecular weight excluding hydrogens is 520 g/mol. The van der Waals surface area contributed by atoms with Crippen LogP contribution >= 0.6 is 24.0 Å². The van der Waals surface area contributed by atoms with Gasteiger partial charge in [-0.3, -0.25) is 0 Å². The fourth-order valence-corrected chi connectivity index (χ4v) is 2.91. The van der Waals surface area contributed by atoms with Crippen molar-refractivity contribution < 1.29 is 21.6 Å². The van der Waals surface area contributed by atoms with Crippen molar-refractivity contribution >= 4 is 40.0 Å². The summed E-state index contributed by atoms with van der Waals surface area (Å²) in [6.07, 6.45) is -4.37. The van der Waals surface area contributed by atoms with Crippen LogP contribution in [0.2, 0.25) is 0 Å². The third kappa shape index (κ3) is 8.19. The van der Waals surface area contributed by atoms with Gasteiger partial charge in [-0.15, -0.1) is 24.0 Å². The molecular formula is C18H22F3IN4O2S. The number of benzene rings is 2. The smallest absolute Gasteiger partial charge is 0.357 e. The lowest BCUT2D eigenvalue weighted by Crippen LogP contribution is -2.36. The van der Waals surface area contributed by atoms with Gasteiger partial charge < -0.3 is 10.6 Å². The Balaban J connectivity index is 0.00000420. The van der Waals surface area contributed by atoms with Gasteiger partial charge in [-0.2, -0.15) is 13.2 Å². The summed E-state index contributed by atoms with van der Waals surface area (Å²) in [5.41, 5.74) is 0.611. The van der Waals surface area contributed by atoms with E-state index in [0.717, 1.165) is 12.1 Å². The van der Waals surface area contributed by atoms with E-state index < -0.39 is 21.8 Å². The van der Waals surface area contributed by atoms with E-state index >= 15 is 0 Å². The summed E-state index contributed by atoms with van der Waals surface area (Å²) in [5, 5.41) is 11.2.